The van der Waals surface area contributed by atoms with Crippen LogP contribution >= 0.6 is 0 Å². The van der Waals surface area contributed by atoms with Gasteiger partial charge in [0.2, 0.25) is 5.91 Å². The third-order valence-electron chi connectivity index (χ3n) is 2.86. The summed E-state index contributed by atoms with van der Waals surface area (Å²) in [6.07, 6.45) is 6.76. The maximum atomic E-state index is 11.9. The van der Waals surface area contributed by atoms with E-state index in [1.54, 1.807) is 17.3 Å². The van der Waals surface area contributed by atoms with Crippen molar-refractivity contribution in [3.63, 3.8) is 0 Å². The molecular weight excluding hydrogens is 242 g/mol. The van der Waals surface area contributed by atoms with Gasteiger partial charge in [0.15, 0.2) is 0 Å². The predicted molar refractivity (Wildman–Crippen MR) is 74.1 cm³/mol. The highest BCUT2D eigenvalue weighted by Crippen LogP contribution is 2.06. The molecule has 0 aromatic carbocycles. The molecule has 1 rings (SSSR count). The Morgan fingerprint density at radius 2 is 2.00 bits per heavy atom. The first-order valence-electron chi connectivity index (χ1n) is 6.85. The normalized spacial score (nSPS) is 10.3. The van der Waals surface area contributed by atoms with Gasteiger partial charge in [-0.15, -0.1) is 0 Å². The Kier molecular flexibility index (Phi) is 6.85. The second-order valence-corrected chi connectivity index (χ2v) is 4.48. The van der Waals surface area contributed by atoms with Crippen LogP contribution in [-0.4, -0.2) is 41.0 Å². The van der Waals surface area contributed by atoms with Crippen molar-refractivity contribution in [2.24, 2.45) is 0 Å². The standard InChI is InChI=1S/C14H23N3O2/c1-4-6-9-17(3)13(18)8-7-12-10-15-14(16-11-12)19-5-2/h10-11H,4-9H2,1-3H3. The maximum absolute atomic E-state index is 11.9. The zero-order valence-electron chi connectivity index (χ0n) is 12.1. The number of hydrogen-bond donors (Lipinski definition) is 0. The van der Waals surface area contributed by atoms with Crippen molar-refractivity contribution in [1.82, 2.24) is 14.9 Å². The van der Waals surface area contributed by atoms with Gasteiger partial charge < -0.3 is 9.64 Å². The smallest absolute Gasteiger partial charge is 0.316 e. The van der Waals surface area contributed by atoms with Gasteiger partial charge in [0.25, 0.3) is 0 Å². The minimum Gasteiger partial charge on any atom is -0.464 e. The second kappa shape index (κ2) is 8.45. The Hall–Kier alpha value is -1.65. The molecule has 1 aromatic rings. The Bertz CT molecular complexity index is 379. The highest BCUT2D eigenvalue weighted by atomic mass is 16.5. The van der Waals surface area contributed by atoms with Gasteiger partial charge in [0, 0.05) is 32.4 Å². The molecule has 0 saturated heterocycles. The van der Waals surface area contributed by atoms with E-state index in [2.05, 4.69) is 16.9 Å². The molecule has 0 radical (unpaired) electrons. The van der Waals surface area contributed by atoms with Crippen LogP contribution in [0.3, 0.4) is 0 Å². The third-order valence-corrected chi connectivity index (χ3v) is 2.86. The summed E-state index contributed by atoms with van der Waals surface area (Å²) in [5.74, 6) is 0.169. The quantitative estimate of drug-likeness (QED) is 0.722. The lowest BCUT2D eigenvalue weighted by molar-refractivity contribution is -0.129. The van der Waals surface area contributed by atoms with E-state index in [9.17, 15) is 4.79 Å². The molecule has 5 heteroatoms. The number of aromatic nitrogens is 2. The molecule has 0 N–H and O–H groups in total. The minimum atomic E-state index is 0.169. The molecule has 19 heavy (non-hydrogen) atoms. The summed E-state index contributed by atoms with van der Waals surface area (Å²) in [7, 11) is 1.85. The van der Waals surface area contributed by atoms with Crippen LogP contribution in [0, 0.1) is 0 Å². The van der Waals surface area contributed by atoms with Gasteiger partial charge in [-0.25, -0.2) is 9.97 Å². The van der Waals surface area contributed by atoms with Crippen molar-refractivity contribution >= 4 is 5.91 Å². The minimum absolute atomic E-state index is 0.169. The van der Waals surface area contributed by atoms with E-state index in [1.807, 2.05) is 14.0 Å². The van der Waals surface area contributed by atoms with Crippen molar-refractivity contribution < 1.29 is 9.53 Å². The number of amides is 1. The van der Waals surface area contributed by atoms with Crippen LogP contribution < -0.4 is 4.74 Å². The van der Waals surface area contributed by atoms with E-state index in [4.69, 9.17) is 4.74 Å². The topological polar surface area (TPSA) is 55.3 Å². The predicted octanol–water partition coefficient (Wildman–Crippen LogP) is 2.07. The van der Waals surface area contributed by atoms with E-state index in [1.165, 1.54) is 0 Å². The summed E-state index contributed by atoms with van der Waals surface area (Å²) in [5, 5.41) is 0. The van der Waals surface area contributed by atoms with E-state index in [-0.39, 0.29) is 5.91 Å². The third kappa shape index (κ3) is 5.68. The lowest BCUT2D eigenvalue weighted by atomic mass is 10.2. The number of carbonyl (C=O) groups is 1. The first-order chi connectivity index (χ1) is 9.17. The fourth-order valence-corrected chi connectivity index (χ4v) is 1.64. The van der Waals surface area contributed by atoms with E-state index < -0.39 is 0 Å². The van der Waals surface area contributed by atoms with Gasteiger partial charge >= 0.3 is 6.01 Å². The Morgan fingerprint density at radius 3 is 2.58 bits per heavy atom. The molecule has 0 atom stereocenters. The number of aryl methyl sites for hydroxylation is 1. The fourth-order valence-electron chi connectivity index (χ4n) is 1.64. The molecule has 0 spiro atoms. The van der Waals surface area contributed by atoms with Crippen LogP contribution in [0.1, 0.15) is 38.7 Å². The van der Waals surface area contributed by atoms with Crippen molar-refractivity contribution in [3.8, 4) is 6.01 Å². The first-order valence-corrected chi connectivity index (χ1v) is 6.85. The molecule has 1 amide bonds. The molecule has 5 nitrogen and oxygen atoms in total. The van der Waals surface area contributed by atoms with Gasteiger partial charge in [0.05, 0.1) is 6.61 Å². The summed E-state index contributed by atoms with van der Waals surface area (Å²) in [6, 6.07) is 0.387. The monoisotopic (exact) mass is 265 g/mol. The lowest BCUT2D eigenvalue weighted by Gasteiger charge is -2.16. The molecule has 0 aliphatic heterocycles. The number of ether oxygens (including phenoxy) is 1. The van der Waals surface area contributed by atoms with Crippen molar-refractivity contribution in [3.05, 3.63) is 18.0 Å². The summed E-state index contributed by atoms with van der Waals surface area (Å²) in [6.45, 7) is 5.40. The van der Waals surface area contributed by atoms with E-state index in [0.29, 0.717) is 25.5 Å². The number of unbranched alkanes of at least 4 members (excludes halogenated alkanes) is 1. The summed E-state index contributed by atoms with van der Waals surface area (Å²) in [4.78, 5) is 21.8. The number of nitrogens with zero attached hydrogens (tertiary/aromatic N) is 3. The molecule has 0 bridgehead atoms. The first kappa shape index (κ1) is 15.4. The Balaban J connectivity index is 2.37. The number of rotatable bonds is 8. The van der Waals surface area contributed by atoms with Gasteiger partial charge in [0.1, 0.15) is 0 Å². The Morgan fingerprint density at radius 1 is 1.32 bits per heavy atom. The van der Waals surface area contributed by atoms with Crippen LogP contribution in [0.15, 0.2) is 12.4 Å². The van der Waals surface area contributed by atoms with Gasteiger partial charge in [-0.1, -0.05) is 13.3 Å². The van der Waals surface area contributed by atoms with Crippen molar-refractivity contribution in [2.45, 2.75) is 39.5 Å². The van der Waals surface area contributed by atoms with Crippen molar-refractivity contribution in [1.29, 1.82) is 0 Å². The summed E-state index contributed by atoms with van der Waals surface area (Å²) in [5.41, 5.74) is 0.959. The van der Waals surface area contributed by atoms with Crippen LogP contribution in [-0.2, 0) is 11.2 Å². The maximum Gasteiger partial charge on any atom is 0.316 e. The largest absolute Gasteiger partial charge is 0.464 e. The molecule has 0 aliphatic carbocycles. The second-order valence-electron chi connectivity index (χ2n) is 4.48. The Labute approximate surface area is 115 Å². The molecule has 0 saturated carbocycles. The SMILES string of the molecule is CCCCN(C)C(=O)CCc1cnc(OCC)nc1. The van der Waals surface area contributed by atoms with Gasteiger partial charge in [-0.3, -0.25) is 4.79 Å². The molecule has 0 unspecified atom stereocenters. The number of carbonyl (C=O) groups excluding carboxylic acids is 1. The van der Waals surface area contributed by atoms with Crippen LogP contribution in [0.25, 0.3) is 0 Å². The average molecular weight is 265 g/mol. The van der Waals surface area contributed by atoms with Crippen molar-refractivity contribution in [2.75, 3.05) is 20.2 Å². The zero-order chi connectivity index (χ0) is 14.1. The number of hydrogen-bond acceptors (Lipinski definition) is 4. The molecular formula is C14H23N3O2. The van der Waals surface area contributed by atoms with E-state index in [0.717, 1.165) is 24.9 Å². The molecule has 0 aliphatic rings. The molecule has 0 fully saturated rings. The fraction of sp³-hybridized carbons (Fsp3) is 0.643. The van der Waals surface area contributed by atoms with E-state index >= 15 is 0 Å². The lowest BCUT2D eigenvalue weighted by Crippen LogP contribution is -2.27. The van der Waals surface area contributed by atoms with Gasteiger partial charge in [-0.2, -0.15) is 0 Å². The molecule has 1 aromatic heterocycles. The van der Waals surface area contributed by atoms with Crippen LogP contribution in [0.5, 0.6) is 6.01 Å². The zero-order valence-corrected chi connectivity index (χ0v) is 12.1. The summed E-state index contributed by atoms with van der Waals surface area (Å²) >= 11 is 0. The van der Waals surface area contributed by atoms with Crippen LogP contribution in [0.4, 0.5) is 0 Å². The molecule has 106 valence electrons. The summed E-state index contributed by atoms with van der Waals surface area (Å²) < 4.78 is 5.17. The molecule has 1 heterocycles. The average Bonchev–Trinajstić information content (AvgIpc) is 2.44. The highest BCUT2D eigenvalue weighted by Gasteiger charge is 2.08. The highest BCUT2D eigenvalue weighted by molar-refractivity contribution is 5.76. The van der Waals surface area contributed by atoms with Gasteiger partial charge in [-0.05, 0) is 25.3 Å². The van der Waals surface area contributed by atoms with Crippen LogP contribution in [0.2, 0.25) is 0 Å².